The van der Waals surface area contributed by atoms with Crippen molar-refractivity contribution in [2.24, 2.45) is 5.41 Å². The van der Waals surface area contributed by atoms with Crippen LogP contribution in [-0.2, 0) is 19.6 Å². The Labute approximate surface area is 120 Å². The van der Waals surface area contributed by atoms with E-state index in [1.807, 2.05) is 20.8 Å². The van der Waals surface area contributed by atoms with E-state index < -0.39 is 27.4 Å². The fourth-order valence-corrected chi connectivity index (χ4v) is 3.62. The number of hydrogen-bond donors (Lipinski definition) is 1. The Morgan fingerprint density at radius 3 is 2.25 bits per heavy atom. The number of nitrogens with one attached hydrogen (secondary N) is 1. The van der Waals surface area contributed by atoms with Crippen molar-refractivity contribution in [2.75, 3.05) is 12.9 Å². The molecule has 0 aliphatic heterocycles. The number of rotatable bonds is 5. The Morgan fingerprint density at radius 2 is 1.80 bits per heavy atom. The van der Waals surface area contributed by atoms with Crippen LogP contribution >= 0.6 is 0 Å². The first-order valence-corrected chi connectivity index (χ1v) is 7.93. The monoisotopic (exact) mass is 299 g/mol. The maximum absolute atomic E-state index is 12.1. The second-order valence-electron chi connectivity index (χ2n) is 5.80. The molecule has 0 radical (unpaired) electrons. The zero-order chi connectivity index (χ0) is 15.4. The van der Waals surface area contributed by atoms with Crippen LogP contribution in [0.25, 0.3) is 0 Å². The topological polar surface area (TPSA) is 72.5 Å². The summed E-state index contributed by atoms with van der Waals surface area (Å²) in [6.07, 6.45) is 0. The predicted molar refractivity (Wildman–Crippen MR) is 77.6 cm³/mol. The van der Waals surface area contributed by atoms with Gasteiger partial charge in [0, 0.05) is 0 Å². The summed E-state index contributed by atoms with van der Waals surface area (Å²) in [7, 11) is -2.36. The quantitative estimate of drug-likeness (QED) is 0.842. The summed E-state index contributed by atoms with van der Waals surface area (Å²) >= 11 is 0. The lowest BCUT2D eigenvalue weighted by Gasteiger charge is -2.22. The van der Waals surface area contributed by atoms with Gasteiger partial charge in [-0.1, -0.05) is 51.1 Å². The number of carbonyl (C=O) groups is 1. The second-order valence-corrected chi connectivity index (χ2v) is 7.56. The van der Waals surface area contributed by atoms with E-state index in [2.05, 4.69) is 9.46 Å². The second kappa shape index (κ2) is 6.37. The van der Waals surface area contributed by atoms with E-state index in [1.54, 1.807) is 30.3 Å². The zero-order valence-electron chi connectivity index (χ0n) is 12.2. The third-order valence-corrected chi connectivity index (χ3v) is 4.33. The van der Waals surface area contributed by atoms with Crippen molar-refractivity contribution in [3.63, 3.8) is 0 Å². The van der Waals surface area contributed by atoms with Gasteiger partial charge in [0.15, 0.2) is 0 Å². The zero-order valence-corrected chi connectivity index (χ0v) is 13.0. The first-order chi connectivity index (χ1) is 9.14. The van der Waals surface area contributed by atoms with E-state index in [9.17, 15) is 13.2 Å². The Kier molecular flexibility index (Phi) is 5.30. The molecule has 112 valence electrons. The maximum atomic E-state index is 12.1. The number of sulfonamides is 1. The fraction of sp³-hybridized carbons (Fsp3) is 0.500. The van der Waals surface area contributed by atoms with E-state index >= 15 is 0 Å². The molecule has 20 heavy (non-hydrogen) atoms. The van der Waals surface area contributed by atoms with Crippen LogP contribution < -0.4 is 4.72 Å². The van der Waals surface area contributed by atoms with Crippen LogP contribution in [0.3, 0.4) is 0 Å². The van der Waals surface area contributed by atoms with Crippen LogP contribution in [0.5, 0.6) is 0 Å². The molecule has 1 atom stereocenters. The third-order valence-electron chi connectivity index (χ3n) is 2.49. The minimum absolute atomic E-state index is 0.0691. The molecule has 0 spiro atoms. The van der Waals surface area contributed by atoms with Crippen LogP contribution in [0.15, 0.2) is 30.3 Å². The number of ether oxygens (including phenoxy) is 1. The lowest BCUT2D eigenvalue weighted by Crippen LogP contribution is -2.38. The van der Waals surface area contributed by atoms with Crippen LogP contribution in [0, 0.1) is 5.41 Å². The molecule has 6 heteroatoms. The lowest BCUT2D eigenvalue weighted by molar-refractivity contribution is -0.142. The van der Waals surface area contributed by atoms with Gasteiger partial charge in [0.05, 0.1) is 12.9 Å². The van der Waals surface area contributed by atoms with Crippen molar-refractivity contribution in [1.29, 1.82) is 0 Å². The summed E-state index contributed by atoms with van der Waals surface area (Å²) in [5, 5.41) is 0. The summed E-state index contributed by atoms with van der Waals surface area (Å²) in [5.74, 6) is -0.700. The number of carbonyl (C=O) groups excluding carboxylic acids is 1. The molecule has 1 rings (SSSR count). The summed E-state index contributed by atoms with van der Waals surface area (Å²) in [5.41, 5.74) is 0.153. The molecular weight excluding hydrogens is 278 g/mol. The Bertz CT molecular complexity index is 546. The Balaban J connectivity index is 3.01. The highest BCUT2D eigenvalue weighted by molar-refractivity contribution is 7.89. The van der Waals surface area contributed by atoms with Gasteiger partial charge in [-0.3, -0.25) is 0 Å². The van der Waals surface area contributed by atoms with Gasteiger partial charge in [-0.05, 0) is 11.0 Å². The van der Waals surface area contributed by atoms with Crippen LogP contribution in [-0.4, -0.2) is 27.2 Å². The number of benzene rings is 1. The first kappa shape index (κ1) is 16.7. The molecule has 0 saturated heterocycles. The minimum atomic E-state index is -3.59. The van der Waals surface area contributed by atoms with Gasteiger partial charge in [0.25, 0.3) is 0 Å². The molecule has 0 amide bonds. The van der Waals surface area contributed by atoms with Gasteiger partial charge in [-0.15, -0.1) is 0 Å². The van der Waals surface area contributed by atoms with E-state index in [0.29, 0.717) is 5.56 Å². The summed E-state index contributed by atoms with van der Waals surface area (Å²) in [6, 6.07) is 7.62. The van der Waals surface area contributed by atoms with Crippen LogP contribution in [0.2, 0.25) is 0 Å². The van der Waals surface area contributed by atoms with Gasteiger partial charge in [-0.25, -0.2) is 13.2 Å². The largest absolute Gasteiger partial charge is 0.468 e. The van der Waals surface area contributed by atoms with Gasteiger partial charge in [0.2, 0.25) is 10.0 Å². The molecule has 0 bridgehead atoms. The molecule has 5 nitrogen and oxygen atoms in total. The van der Waals surface area contributed by atoms with Crippen molar-refractivity contribution in [2.45, 2.75) is 26.8 Å². The summed E-state index contributed by atoms with van der Waals surface area (Å²) in [4.78, 5) is 11.8. The normalized spacial score (nSPS) is 13.8. The summed E-state index contributed by atoms with van der Waals surface area (Å²) < 4.78 is 31.4. The molecule has 0 aliphatic rings. The minimum Gasteiger partial charge on any atom is -0.468 e. The van der Waals surface area contributed by atoms with Crippen molar-refractivity contribution in [1.82, 2.24) is 4.72 Å². The van der Waals surface area contributed by atoms with Crippen molar-refractivity contribution in [3.8, 4) is 0 Å². The third kappa shape index (κ3) is 5.30. The number of hydrogen-bond acceptors (Lipinski definition) is 4. The van der Waals surface area contributed by atoms with Gasteiger partial charge in [-0.2, -0.15) is 4.72 Å². The molecular formula is C14H21NO4S. The highest BCUT2D eigenvalue weighted by Crippen LogP contribution is 2.20. The Morgan fingerprint density at radius 1 is 1.25 bits per heavy atom. The van der Waals surface area contributed by atoms with Crippen LogP contribution in [0.4, 0.5) is 0 Å². The Hall–Kier alpha value is -1.40. The SMILES string of the molecule is COC(=O)C(NS(=O)(=O)CC(C)(C)C)c1ccccc1. The molecule has 0 fully saturated rings. The first-order valence-electron chi connectivity index (χ1n) is 6.27. The molecule has 1 aromatic carbocycles. The molecule has 1 unspecified atom stereocenters. The highest BCUT2D eigenvalue weighted by Gasteiger charge is 2.29. The van der Waals surface area contributed by atoms with E-state index in [1.165, 1.54) is 7.11 Å². The maximum Gasteiger partial charge on any atom is 0.328 e. The molecule has 1 aromatic rings. The molecule has 0 aromatic heterocycles. The molecule has 1 N–H and O–H groups in total. The highest BCUT2D eigenvalue weighted by atomic mass is 32.2. The smallest absolute Gasteiger partial charge is 0.328 e. The van der Waals surface area contributed by atoms with Crippen molar-refractivity contribution in [3.05, 3.63) is 35.9 Å². The van der Waals surface area contributed by atoms with Crippen molar-refractivity contribution >= 4 is 16.0 Å². The average molecular weight is 299 g/mol. The fourth-order valence-electron chi connectivity index (χ4n) is 1.81. The van der Waals surface area contributed by atoms with E-state index in [-0.39, 0.29) is 5.75 Å². The number of esters is 1. The molecule has 0 saturated carbocycles. The van der Waals surface area contributed by atoms with Gasteiger partial charge in [0.1, 0.15) is 6.04 Å². The van der Waals surface area contributed by atoms with Crippen LogP contribution in [0.1, 0.15) is 32.4 Å². The van der Waals surface area contributed by atoms with Gasteiger partial charge >= 0.3 is 5.97 Å². The van der Waals surface area contributed by atoms with E-state index in [4.69, 9.17) is 0 Å². The van der Waals surface area contributed by atoms with E-state index in [0.717, 1.165) is 0 Å². The standard InChI is InChI=1S/C14H21NO4S/c1-14(2,3)10-20(17,18)15-12(13(16)19-4)11-8-6-5-7-9-11/h5-9,12,15H,10H2,1-4H3. The number of methoxy groups -OCH3 is 1. The van der Waals surface area contributed by atoms with Gasteiger partial charge < -0.3 is 4.74 Å². The predicted octanol–water partition coefficient (Wildman–Crippen LogP) is 1.87. The lowest BCUT2D eigenvalue weighted by atomic mass is 10.0. The average Bonchev–Trinajstić information content (AvgIpc) is 2.33. The molecule has 0 aliphatic carbocycles. The van der Waals surface area contributed by atoms with Crippen molar-refractivity contribution < 1.29 is 17.9 Å². The summed E-state index contributed by atoms with van der Waals surface area (Å²) in [6.45, 7) is 5.46. The molecule has 0 heterocycles.